The summed E-state index contributed by atoms with van der Waals surface area (Å²) in [5.74, 6) is -0.214. The van der Waals surface area contributed by atoms with Gasteiger partial charge in [-0.15, -0.1) is 0 Å². The van der Waals surface area contributed by atoms with Gasteiger partial charge in [0.1, 0.15) is 0 Å². The van der Waals surface area contributed by atoms with Gasteiger partial charge in [-0.05, 0) is 5.56 Å². The van der Waals surface area contributed by atoms with Crippen LogP contribution in [0.2, 0.25) is 0 Å². The number of aromatic hydroxyl groups is 1. The standard InChI is InChI=1S/C12H11NO2/c14-11-6-7-13(9-12(11)15)8-10-4-2-1-3-5-10/h1-7,9,15H,8H2. The monoisotopic (exact) mass is 201 g/mol. The van der Waals surface area contributed by atoms with Crippen LogP contribution in [0.5, 0.6) is 5.75 Å². The van der Waals surface area contributed by atoms with Crippen LogP contribution in [0.25, 0.3) is 0 Å². The maximum absolute atomic E-state index is 11.0. The molecule has 1 N–H and O–H groups in total. The molecule has 1 aromatic heterocycles. The lowest BCUT2D eigenvalue weighted by Gasteiger charge is -2.06. The molecule has 15 heavy (non-hydrogen) atoms. The topological polar surface area (TPSA) is 42.2 Å². The summed E-state index contributed by atoms with van der Waals surface area (Å²) >= 11 is 0. The molecule has 0 saturated carbocycles. The third kappa shape index (κ3) is 2.26. The van der Waals surface area contributed by atoms with Crippen molar-refractivity contribution in [3.05, 3.63) is 64.6 Å². The molecule has 0 atom stereocenters. The molecule has 0 unspecified atom stereocenters. The minimum atomic E-state index is -0.348. The highest BCUT2D eigenvalue weighted by Gasteiger charge is 1.97. The number of hydrogen-bond donors (Lipinski definition) is 1. The zero-order chi connectivity index (χ0) is 10.7. The van der Waals surface area contributed by atoms with Gasteiger partial charge in [0.2, 0.25) is 5.43 Å². The second kappa shape index (κ2) is 4.00. The van der Waals surface area contributed by atoms with Gasteiger partial charge in [0.15, 0.2) is 5.75 Å². The second-order valence-electron chi connectivity index (χ2n) is 3.35. The van der Waals surface area contributed by atoms with E-state index in [4.69, 9.17) is 0 Å². The Kier molecular flexibility index (Phi) is 2.54. The Morgan fingerprint density at radius 3 is 2.53 bits per heavy atom. The highest BCUT2D eigenvalue weighted by molar-refractivity contribution is 5.19. The lowest BCUT2D eigenvalue weighted by molar-refractivity contribution is 0.462. The quantitative estimate of drug-likeness (QED) is 0.801. The lowest BCUT2D eigenvalue weighted by Crippen LogP contribution is -2.05. The van der Waals surface area contributed by atoms with Crippen LogP contribution < -0.4 is 5.43 Å². The molecular weight excluding hydrogens is 190 g/mol. The van der Waals surface area contributed by atoms with Crippen molar-refractivity contribution in [2.45, 2.75) is 6.54 Å². The predicted molar refractivity (Wildman–Crippen MR) is 57.9 cm³/mol. The first-order chi connectivity index (χ1) is 7.25. The maximum atomic E-state index is 11.0. The first-order valence-corrected chi connectivity index (χ1v) is 4.69. The molecule has 1 heterocycles. The summed E-state index contributed by atoms with van der Waals surface area (Å²) in [6.45, 7) is 0.648. The fourth-order valence-electron chi connectivity index (χ4n) is 1.41. The van der Waals surface area contributed by atoms with Gasteiger partial charge < -0.3 is 9.67 Å². The molecule has 0 fully saturated rings. The van der Waals surface area contributed by atoms with Crippen LogP contribution in [0.3, 0.4) is 0 Å². The number of benzene rings is 1. The third-order valence-corrected chi connectivity index (χ3v) is 2.17. The normalized spacial score (nSPS) is 10.1. The summed E-state index contributed by atoms with van der Waals surface area (Å²) in [6.07, 6.45) is 3.10. The van der Waals surface area contributed by atoms with E-state index in [1.54, 1.807) is 10.8 Å². The smallest absolute Gasteiger partial charge is 0.223 e. The lowest BCUT2D eigenvalue weighted by atomic mass is 10.2. The van der Waals surface area contributed by atoms with E-state index in [2.05, 4.69) is 0 Å². The first kappa shape index (κ1) is 9.52. The highest BCUT2D eigenvalue weighted by atomic mass is 16.3. The fourth-order valence-corrected chi connectivity index (χ4v) is 1.41. The van der Waals surface area contributed by atoms with Crippen molar-refractivity contribution in [2.24, 2.45) is 0 Å². The molecular formula is C12H11NO2. The molecule has 2 rings (SSSR count). The number of aromatic nitrogens is 1. The van der Waals surface area contributed by atoms with Crippen molar-refractivity contribution in [3.8, 4) is 5.75 Å². The molecule has 0 amide bonds. The van der Waals surface area contributed by atoms with E-state index in [1.807, 2.05) is 30.3 Å². The van der Waals surface area contributed by atoms with E-state index in [0.29, 0.717) is 6.54 Å². The van der Waals surface area contributed by atoms with Crippen LogP contribution in [0.4, 0.5) is 0 Å². The SMILES string of the molecule is O=c1ccn(Cc2ccccc2)cc1O. The molecule has 0 bridgehead atoms. The maximum Gasteiger partial charge on any atom is 0.223 e. The zero-order valence-corrected chi connectivity index (χ0v) is 8.13. The van der Waals surface area contributed by atoms with E-state index in [-0.39, 0.29) is 11.2 Å². The van der Waals surface area contributed by atoms with Crippen molar-refractivity contribution >= 4 is 0 Å². The molecule has 2 aromatic rings. The van der Waals surface area contributed by atoms with Crippen molar-refractivity contribution < 1.29 is 5.11 Å². The molecule has 3 nitrogen and oxygen atoms in total. The van der Waals surface area contributed by atoms with Gasteiger partial charge in [-0.25, -0.2) is 0 Å². The van der Waals surface area contributed by atoms with Gasteiger partial charge in [-0.2, -0.15) is 0 Å². The summed E-state index contributed by atoms with van der Waals surface area (Å²) in [5.41, 5.74) is 0.778. The van der Waals surface area contributed by atoms with Gasteiger partial charge in [-0.1, -0.05) is 30.3 Å². The molecule has 3 heteroatoms. The van der Waals surface area contributed by atoms with Crippen LogP contribution in [0.15, 0.2) is 53.6 Å². The van der Waals surface area contributed by atoms with Gasteiger partial charge >= 0.3 is 0 Å². The number of hydrogen-bond acceptors (Lipinski definition) is 2. The molecule has 0 aliphatic rings. The molecule has 1 aromatic carbocycles. The van der Waals surface area contributed by atoms with Crippen molar-refractivity contribution in [1.29, 1.82) is 0 Å². The average Bonchev–Trinajstić information content (AvgIpc) is 2.25. The Morgan fingerprint density at radius 1 is 1.13 bits per heavy atom. The minimum Gasteiger partial charge on any atom is -0.503 e. The van der Waals surface area contributed by atoms with Crippen LogP contribution in [0, 0.1) is 0 Å². The Labute approximate surface area is 87.2 Å². The van der Waals surface area contributed by atoms with E-state index >= 15 is 0 Å². The average molecular weight is 201 g/mol. The summed E-state index contributed by atoms with van der Waals surface area (Å²) < 4.78 is 1.77. The van der Waals surface area contributed by atoms with Crippen LogP contribution >= 0.6 is 0 Å². The molecule has 0 spiro atoms. The molecule has 0 aliphatic carbocycles. The molecule has 0 aliphatic heterocycles. The minimum absolute atomic E-state index is 0.214. The van der Waals surface area contributed by atoms with Gasteiger partial charge in [-0.3, -0.25) is 4.79 Å². The van der Waals surface area contributed by atoms with Crippen molar-refractivity contribution in [2.75, 3.05) is 0 Å². The Balaban J connectivity index is 2.26. The van der Waals surface area contributed by atoms with Crippen molar-refractivity contribution in [3.63, 3.8) is 0 Å². The zero-order valence-electron chi connectivity index (χ0n) is 8.13. The number of pyridine rings is 1. The Morgan fingerprint density at radius 2 is 1.87 bits per heavy atom. The molecule has 0 radical (unpaired) electrons. The van der Waals surface area contributed by atoms with E-state index in [9.17, 15) is 9.90 Å². The van der Waals surface area contributed by atoms with E-state index in [1.165, 1.54) is 12.3 Å². The van der Waals surface area contributed by atoms with Gasteiger partial charge in [0, 0.05) is 18.8 Å². The highest BCUT2D eigenvalue weighted by Crippen LogP contribution is 2.04. The second-order valence-corrected chi connectivity index (χ2v) is 3.35. The first-order valence-electron chi connectivity index (χ1n) is 4.69. The molecule has 76 valence electrons. The van der Waals surface area contributed by atoms with Crippen LogP contribution in [0.1, 0.15) is 5.56 Å². The summed E-state index contributed by atoms with van der Waals surface area (Å²) in [4.78, 5) is 11.0. The Bertz CT molecular complexity index is 503. The predicted octanol–water partition coefficient (Wildman–Crippen LogP) is 1.60. The number of nitrogens with zero attached hydrogens (tertiary/aromatic N) is 1. The van der Waals surface area contributed by atoms with Crippen molar-refractivity contribution in [1.82, 2.24) is 4.57 Å². The molecule has 0 saturated heterocycles. The van der Waals surface area contributed by atoms with E-state index < -0.39 is 0 Å². The summed E-state index contributed by atoms with van der Waals surface area (Å²) in [6, 6.07) is 11.2. The third-order valence-electron chi connectivity index (χ3n) is 2.17. The summed E-state index contributed by atoms with van der Waals surface area (Å²) in [7, 11) is 0. The van der Waals surface area contributed by atoms with Crippen LogP contribution in [-0.2, 0) is 6.54 Å². The van der Waals surface area contributed by atoms with Gasteiger partial charge in [0.25, 0.3) is 0 Å². The number of rotatable bonds is 2. The van der Waals surface area contributed by atoms with E-state index in [0.717, 1.165) is 5.56 Å². The largest absolute Gasteiger partial charge is 0.503 e. The fraction of sp³-hybridized carbons (Fsp3) is 0.0833. The Hall–Kier alpha value is -2.03. The van der Waals surface area contributed by atoms with Crippen LogP contribution in [-0.4, -0.2) is 9.67 Å². The van der Waals surface area contributed by atoms with Gasteiger partial charge in [0.05, 0.1) is 6.20 Å². The summed E-state index contributed by atoms with van der Waals surface area (Å²) in [5, 5.41) is 9.24.